The average Bonchev–Trinajstić information content (AvgIpc) is 2.42. The Kier molecular flexibility index (Phi) is 7.02. The Bertz CT molecular complexity index is 447. The zero-order valence-corrected chi connectivity index (χ0v) is 13.3. The number of nitrogens with zero attached hydrogens (tertiary/aromatic N) is 1. The monoisotopic (exact) mass is 294 g/mol. The minimum absolute atomic E-state index is 0.0131. The summed E-state index contributed by atoms with van der Waals surface area (Å²) in [6.45, 7) is 8.50. The van der Waals surface area contributed by atoms with Crippen LogP contribution in [0.4, 0.5) is 10.5 Å². The summed E-state index contributed by atoms with van der Waals surface area (Å²) in [6.07, 6.45) is 0.379. The van der Waals surface area contributed by atoms with Crippen LogP contribution in [0.1, 0.15) is 34.1 Å². The number of carbonyl (C=O) groups excluding carboxylic acids is 1. The minimum atomic E-state index is -0.558. The van der Waals surface area contributed by atoms with Gasteiger partial charge in [-0.1, -0.05) is 13.0 Å². The lowest BCUT2D eigenvalue weighted by Crippen LogP contribution is -2.43. The number of benzene rings is 1. The Labute approximate surface area is 126 Å². The third kappa shape index (κ3) is 6.04. The number of amides is 2. The third-order valence-corrected chi connectivity index (χ3v) is 2.90. The second-order valence-corrected chi connectivity index (χ2v) is 5.40. The van der Waals surface area contributed by atoms with E-state index in [1.807, 2.05) is 39.0 Å². The lowest BCUT2D eigenvalue weighted by Gasteiger charge is -2.28. The number of ether oxygens (including phenoxy) is 1. The fourth-order valence-corrected chi connectivity index (χ4v) is 1.89. The van der Waals surface area contributed by atoms with Gasteiger partial charge in [0.05, 0.1) is 12.7 Å². The average molecular weight is 294 g/mol. The van der Waals surface area contributed by atoms with E-state index in [0.29, 0.717) is 18.8 Å². The fourth-order valence-electron chi connectivity index (χ4n) is 1.89. The lowest BCUT2D eigenvalue weighted by atomic mass is 10.2. The number of aliphatic hydroxyl groups is 1. The van der Waals surface area contributed by atoms with Crippen LogP contribution in [-0.2, 0) is 0 Å². The number of anilines is 1. The second kappa shape index (κ2) is 8.52. The van der Waals surface area contributed by atoms with Gasteiger partial charge in [-0.05, 0) is 39.3 Å². The van der Waals surface area contributed by atoms with Crippen molar-refractivity contribution in [2.24, 2.45) is 0 Å². The summed E-state index contributed by atoms with van der Waals surface area (Å²) >= 11 is 0. The molecule has 0 fully saturated rings. The van der Waals surface area contributed by atoms with Gasteiger partial charge in [0, 0.05) is 24.3 Å². The molecule has 1 aromatic carbocycles. The first kappa shape index (κ1) is 17.3. The third-order valence-electron chi connectivity index (χ3n) is 2.90. The fraction of sp³-hybridized carbons (Fsp3) is 0.562. The molecule has 0 spiro atoms. The molecule has 0 heterocycles. The maximum Gasteiger partial charge on any atom is 0.322 e. The van der Waals surface area contributed by atoms with Gasteiger partial charge in [-0.25, -0.2) is 4.79 Å². The van der Waals surface area contributed by atoms with E-state index in [2.05, 4.69) is 5.32 Å². The molecule has 0 aromatic heterocycles. The van der Waals surface area contributed by atoms with Crippen molar-refractivity contribution in [2.75, 3.05) is 18.5 Å². The number of nitrogens with one attached hydrogen (secondary N) is 1. The smallest absolute Gasteiger partial charge is 0.322 e. The molecule has 0 saturated carbocycles. The van der Waals surface area contributed by atoms with Crippen molar-refractivity contribution in [3.63, 3.8) is 0 Å². The van der Waals surface area contributed by atoms with Gasteiger partial charge in [0.2, 0.25) is 0 Å². The molecule has 21 heavy (non-hydrogen) atoms. The molecule has 2 N–H and O–H groups in total. The number of hydrogen-bond donors (Lipinski definition) is 2. The van der Waals surface area contributed by atoms with E-state index in [9.17, 15) is 9.90 Å². The van der Waals surface area contributed by atoms with E-state index in [-0.39, 0.29) is 12.1 Å². The van der Waals surface area contributed by atoms with Crippen molar-refractivity contribution in [1.82, 2.24) is 4.90 Å². The quantitative estimate of drug-likeness (QED) is 0.812. The van der Waals surface area contributed by atoms with Crippen LogP contribution in [0.5, 0.6) is 5.75 Å². The van der Waals surface area contributed by atoms with E-state index in [4.69, 9.17) is 4.74 Å². The lowest BCUT2D eigenvalue weighted by molar-refractivity contribution is 0.125. The van der Waals surface area contributed by atoms with E-state index in [0.717, 1.165) is 12.2 Å². The Hall–Kier alpha value is -1.75. The van der Waals surface area contributed by atoms with Crippen LogP contribution in [0.3, 0.4) is 0 Å². The Morgan fingerprint density at radius 3 is 2.67 bits per heavy atom. The molecule has 0 radical (unpaired) electrons. The number of hydrogen-bond acceptors (Lipinski definition) is 3. The molecular formula is C16H26N2O3. The zero-order chi connectivity index (χ0) is 15.8. The van der Waals surface area contributed by atoms with Crippen LogP contribution < -0.4 is 10.1 Å². The van der Waals surface area contributed by atoms with Crippen LogP contribution in [0.25, 0.3) is 0 Å². The highest BCUT2D eigenvalue weighted by Gasteiger charge is 2.18. The Morgan fingerprint density at radius 2 is 2.10 bits per heavy atom. The molecule has 1 unspecified atom stereocenters. The molecule has 1 aromatic rings. The van der Waals surface area contributed by atoms with Gasteiger partial charge < -0.3 is 20.1 Å². The standard InChI is InChI=1S/C16H26N2O3/c1-5-9-21-15-8-6-7-14(10-15)17-16(20)18(12(2)3)11-13(4)19/h6-8,10,12-13,19H,5,9,11H2,1-4H3,(H,17,20). The predicted molar refractivity (Wildman–Crippen MR) is 84.8 cm³/mol. The largest absolute Gasteiger partial charge is 0.494 e. The molecular weight excluding hydrogens is 268 g/mol. The highest BCUT2D eigenvalue weighted by atomic mass is 16.5. The van der Waals surface area contributed by atoms with Crippen molar-refractivity contribution in [2.45, 2.75) is 46.3 Å². The SMILES string of the molecule is CCCOc1cccc(NC(=O)N(CC(C)O)C(C)C)c1. The Balaban J connectivity index is 2.71. The van der Waals surface area contributed by atoms with Crippen molar-refractivity contribution < 1.29 is 14.6 Å². The first-order valence-electron chi connectivity index (χ1n) is 7.42. The zero-order valence-electron chi connectivity index (χ0n) is 13.3. The summed E-state index contributed by atoms with van der Waals surface area (Å²) in [5.74, 6) is 0.737. The molecule has 1 atom stereocenters. The summed E-state index contributed by atoms with van der Waals surface area (Å²) in [6, 6.07) is 7.11. The molecule has 0 aliphatic carbocycles. The van der Waals surface area contributed by atoms with Gasteiger partial charge in [0.25, 0.3) is 0 Å². The highest BCUT2D eigenvalue weighted by molar-refractivity contribution is 5.89. The molecule has 5 nitrogen and oxygen atoms in total. The van der Waals surface area contributed by atoms with Crippen molar-refractivity contribution in [3.8, 4) is 5.75 Å². The molecule has 2 amide bonds. The van der Waals surface area contributed by atoms with Gasteiger partial charge >= 0.3 is 6.03 Å². The summed E-state index contributed by atoms with van der Waals surface area (Å²) in [5, 5.41) is 12.3. The topological polar surface area (TPSA) is 61.8 Å². The molecule has 118 valence electrons. The molecule has 0 aliphatic heterocycles. The molecule has 1 rings (SSSR count). The maximum atomic E-state index is 12.3. The highest BCUT2D eigenvalue weighted by Crippen LogP contribution is 2.18. The van der Waals surface area contributed by atoms with E-state index >= 15 is 0 Å². The van der Waals surface area contributed by atoms with Crippen LogP contribution in [0, 0.1) is 0 Å². The number of urea groups is 1. The molecule has 5 heteroatoms. The van der Waals surface area contributed by atoms with E-state index < -0.39 is 6.10 Å². The van der Waals surface area contributed by atoms with Crippen molar-refractivity contribution in [3.05, 3.63) is 24.3 Å². The van der Waals surface area contributed by atoms with Gasteiger partial charge in [0.1, 0.15) is 5.75 Å². The normalized spacial score (nSPS) is 12.1. The molecule has 0 bridgehead atoms. The minimum Gasteiger partial charge on any atom is -0.494 e. The van der Waals surface area contributed by atoms with Crippen LogP contribution in [0.15, 0.2) is 24.3 Å². The number of rotatable bonds is 7. The molecule has 0 aliphatic rings. The van der Waals surface area contributed by atoms with Gasteiger partial charge in [0.15, 0.2) is 0 Å². The molecule has 0 saturated heterocycles. The van der Waals surface area contributed by atoms with Crippen LogP contribution >= 0.6 is 0 Å². The predicted octanol–water partition coefficient (Wildman–Crippen LogP) is 3.10. The maximum absolute atomic E-state index is 12.3. The van der Waals surface area contributed by atoms with E-state index in [1.54, 1.807) is 17.9 Å². The van der Waals surface area contributed by atoms with Crippen molar-refractivity contribution in [1.29, 1.82) is 0 Å². The van der Waals surface area contributed by atoms with Gasteiger partial charge in [-0.2, -0.15) is 0 Å². The summed E-state index contributed by atoms with van der Waals surface area (Å²) < 4.78 is 5.54. The van der Waals surface area contributed by atoms with Crippen molar-refractivity contribution >= 4 is 11.7 Å². The summed E-state index contributed by atoms with van der Waals surface area (Å²) in [7, 11) is 0. The van der Waals surface area contributed by atoms with Crippen LogP contribution in [0.2, 0.25) is 0 Å². The van der Waals surface area contributed by atoms with Crippen LogP contribution in [-0.4, -0.2) is 41.3 Å². The number of carbonyl (C=O) groups is 1. The Morgan fingerprint density at radius 1 is 1.38 bits per heavy atom. The summed E-state index contributed by atoms with van der Waals surface area (Å²) in [4.78, 5) is 13.9. The first-order valence-corrected chi connectivity index (χ1v) is 7.42. The van der Waals surface area contributed by atoms with E-state index in [1.165, 1.54) is 0 Å². The first-order chi connectivity index (χ1) is 9.93. The van der Waals surface area contributed by atoms with Gasteiger partial charge in [-0.3, -0.25) is 0 Å². The summed E-state index contributed by atoms with van der Waals surface area (Å²) in [5.41, 5.74) is 0.685. The van der Waals surface area contributed by atoms with Gasteiger partial charge in [-0.15, -0.1) is 0 Å². The number of aliphatic hydroxyl groups excluding tert-OH is 1. The second-order valence-electron chi connectivity index (χ2n) is 5.40.